The summed E-state index contributed by atoms with van der Waals surface area (Å²) in [7, 11) is 0. The van der Waals surface area contributed by atoms with Crippen LogP contribution in [0.25, 0.3) is 0 Å². The van der Waals surface area contributed by atoms with Gasteiger partial charge in [-0.3, -0.25) is 4.68 Å². The van der Waals surface area contributed by atoms with Crippen molar-refractivity contribution in [1.82, 2.24) is 9.78 Å². The summed E-state index contributed by atoms with van der Waals surface area (Å²) in [6.07, 6.45) is 9.35. The van der Waals surface area contributed by atoms with Gasteiger partial charge in [-0.15, -0.1) is 11.3 Å². The summed E-state index contributed by atoms with van der Waals surface area (Å²) >= 11 is 1.78. The number of anilines is 1. The largest absolute Gasteiger partial charge is 0.378 e. The van der Waals surface area contributed by atoms with Gasteiger partial charge in [0, 0.05) is 17.6 Å². The smallest absolute Gasteiger partial charge is 0.0729 e. The molecule has 1 saturated carbocycles. The molecule has 0 unspecified atom stereocenters. The van der Waals surface area contributed by atoms with Crippen molar-refractivity contribution in [2.75, 3.05) is 5.32 Å². The van der Waals surface area contributed by atoms with Crippen molar-refractivity contribution in [2.24, 2.45) is 0 Å². The van der Waals surface area contributed by atoms with Crippen molar-refractivity contribution in [2.45, 2.75) is 38.3 Å². The zero-order valence-electron chi connectivity index (χ0n) is 9.80. The molecule has 2 heterocycles. The molecule has 4 heteroatoms. The first-order valence-electron chi connectivity index (χ1n) is 6.22. The molecule has 3 nitrogen and oxygen atoms in total. The molecule has 1 aliphatic carbocycles. The molecule has 2 aromatic heterocycles. The zero-order valence-corrected chi connectivity index (χ0v) is 10.6. The van der Waals surface area contributed by atoms with Gasteiger partial charge < -0.3 is 5.32 Å². The fourth-order valence-electron chi connectivity index (χ4n) is 2.40. The van der Waals surface area contributed by atoms with Crippen molar-refractivity contribution in [3.05, 3.63) is 34.8 Å². The first-order chi connectivity index (χ1) is 8.42. The Morgan fingerprint density at radius 1 is 1.41 bits per heavy atom. The summed E-state index contributed by atoms with van der Waals surface area (Å²) in [6.45, 7) is 0.897. The van der Waals surface area contributed by atoms with Crippen LogP contribution in [0.2, 0.25) is 0 Å². The lowest BCUT2D eigenvalue weighted by atomic mass is 10.3. The van der Waals surface area contributed by atoms with Crippen molar-refractivity contribution < 1.29 is 0 Å². The average molecular weight is 247 g/mol. The first-order valence-corrected chi connectivity index (χ1v) is 7.10. The molecule has 0 saturated heterocycles. The Kier molecular flexibility index (Phi) is 3.14. The van der Waals surface area contributed by atoms with Crippen LogP contribution in [0.5, 0.6) is 0 Å². The normalized spacial score (nSPS) is 16.5. The molecule has 0 radical (unpaired) electrons. The molecule has 0 amide bonds. The van der Waals surface area contributed by atoms with E-state index in [0.717, 1.165) is 12.2 Å². The van der Waals surface area contributed by atoms with Gasteiger partial charge in [0.05, 0.1) is 17.9 Å². The van der Waals surface area contributed by atoms with Gasteiger partial charge in [0.15, 0.2) is 0 Å². The summed E-state index contributed by atoms with van der Waals surface area (Å²) in [5.41, 5.74) is 1.13. The molecule has 1 aliphatic rings. The first kappa shape index (κ1) is 10.8. The van der Waals surface area contributed by atoms with E-state index in [2.05, 4.69) is 38.8 Å². The van der Waals surface area contributed by atoms with Crippen LogP contribution < -0.4 is 5.32 Å². The van der Waals surface area contributed by atoms with Crippen LogP contribution in [0.15, 0.2) is 29.9 Å². The minimum Gasteiger partial charge on any atom is -0.378 e. The Labute approximate surface area is 105 Å². The molecule has 90 valence electrons. The third-order valence-corrected chi connectivity index (χ3v) is 4.22. The number of nitrogens with zero attached hydrogens (tertiary/aromatic N) is 2. The maximum Gasteiger partial charge on any atom is 0.0729 e. The van der Waals surface area contributed by atoms with Crippen LogP contribution in [0.1, 0.15) is 36.6 Å². The summed E-state index contributed by atoms with van der Waals surface area (Å²) < 4.78 is 2.13. The molecule has 3 rings (SSSR count). The SMILES string of the molecule is c1csc(CNc2cnn(C3CCCC3)c2)c1. The lowest BCUT2D eigenvalue weighted by Gasteiger charge is -2.08. The van der Waals surface area contributed by atoms with Crippen molar-refractivity contribution in [3.63, 3.8) is 0 Å². The maximum atomic E-state index is 4.46. The second-order valence-electron chi connectivity index (χ2n) is 4.58. The molecule has 2 aromatic rings. The Hall–Kier alpha value is -1.29. The molecule has 17 heavy (non-hydrogen) atoms. The van der Waals surface area contributed by atoms with E-state index in [0.29, 0.717) is 6.04 Å². The molecule has 0 atom stereocenters. The number of aromatic nitrogens is 2. The van der Waals surface area contributed by atoms with Crippen molar-refractivity contribution in [1.29, 1.82) is 0 Å². The number of nitrogens with one attached hydrogen (secondary N) is 1. The number of thiophene rings is 1. The standard InChI is InChI=1S/C13H17N3S/c1-2-5-12(4-1)16-10-11(8-15-16)14-9-13-6-3-7-17-13/h3,6-8,10,12,14H,1-2,4-5,9H2. The van der Waals surface area contributed by atoms with E-state index >= 15 is 0 Å². The number of hydrogen-bond donors (Lipinski definition) is 1. The molecule has 1 N–H and O–H groups in total. The molecule has 1 fully saturated rings. The highest BCUT2D eigenvalue weighted by Gasteiger charge is 2.17. The Bertz CT molecular complexity index is 455. The van der Waals surface area contributed by atoms with E-state index in [-0.39, 0.29) is 0 Å². The second-order valence-corrected chi connectivity index (χ2v) is 5.61. The second kappa shape index (κ2) is 4.92. The minimum atomic E-state index is 0.632. The monoisotopic (exact) mass is 247 g/mol. The van der Waals surface area contributed by atoms with Gasteiger partial charge in [-0.2, -0.15) is 5.10 Å². The highest BCUT2D eigenvalue weighted by Crippen LogP contribution is 2.29. The summed E-state index contributed by atoms with van der Waals surface area (Å²) in [4.78, 5) is 1.36. The van der Waals surface area contributed by atoms with Crippen LogP contribution in [-0.2, 0) is 6.54 Å². The van der Waals surface area contributed by atoms with E-state index in [1.165, 1.54) is 30.6 Å². The molecule has 0 aliphatic heterocycles. The van der Waals surface area contributed by atoms with Gasteiger partial charge in [0.1, 0.15) is 0 Å². The van der Waals surface area contributed by atoms with Gasteiger partial charge in [-0.25, -0.2) is 0 Å². The van der Waals surface area contributed by atoms with Crippen LogP contribution in [0.3, 0.4) is 0 Å². The van der Waals surface area contributed by atoms with E-state index in [1.54, 1.807) is 11.3 Å². The minimum absolute atomic E-state index is 0.632. The fourth-order valence-corrected chi connectivity index (χ4v) is 3.04. The molecular formula is C13H17N3S. The van der Waals surface area contributed by atoms with Crippen molar-refractivity contribution in [3.8, 4) is 0 Å². The predicted octanol–water partition coefficient (Wildman–Crippen LogP) is 3.67. The summed E-state index contributed by atoms with van der Waals surface area (Å²) in [5.74, 6) is 0. The Morgan fingerprint density at radius 2 is 2.29 bits per heavy atom. The number of hydrogen-bond acceptors (Lipinski definition) is 3. The topological polar surface area (TPSA) is 29.9 Å². The van der Waals surface area contributed by atoms with Crippen LogP contribution >= 0.6 is 11.3 Å². The zero-order chi connectivity index (χ0) is 11.5. The third-order valence-electron chi connectivity index (χ3n) is 3.35. The van der Waals surface area contributed by atoms with Gasteiger partial charge in [0.25, 0.3) is 0 Å². The molecule has 0 bridgehead atoms. The van der Waals surface area contributed by atoms with E-state index in [1.807, 2.05) is 6.20 Å². The highest BCUT2D eigenvalue weighted by molar-refractivity contribution is 7.09. The average Bonchev–Trinajstić information content (AvgIpc) is 3.09. The lowest BCUT2D eigenvalue weighted by Crippen LogP contribution is -2.04. The van der Waals surface area contributed by atoms with Crippen LogP contribution in [-0.4, -0.2) is 9.78 Å². The third kappa shape index (κ3) is 2.52. The fraction of sp³-hybridized carbons (Fsp3) is 0.462. The number of rotatable bonds is 4. The summed E-state index contributed by atoms with van der Waals surface area (Å²) in [5, 5.41) is 9.98. The maximum absolute atomic E-state index is 4.46. The molecular weight excluding hydrogens is 230 g/mol. The van der Waals surface area contributed by atoms with Gasteiger partial charge in [0.2, 0.25) is 0 Å². The van der Waals surface area contributed by atoms with Gasteiger partial charge >= 0.3 is 0 Å². The Morgan fingerprint density at radius 3 is 3.06 bits per heavy atom. The van der Waals surface area contributed by atoms with Crippen molar-refractivity contribution >= 4 is 17.0 Å². The predicted molar refractivity (Wildman–Crippen MR) is 71.4 cm³/mol. The Balaban J connectivity index is 1.60. The highest BCUT2D eigenvalue weighted by atomic mass is 32.1. The molecule has 0 spiro atoms. The van der Waals surface area contributed by atoms with Gasteiger partial charge in [-0.05, 0) is 24.3 Å². The van der Waals surface area contributed by atoms with Crippen LogP contribution in [0, 0.1) is 0 Å². The van der Waals surface area contributed by atoms with E-state index in [4.69, 9.17) is 0 Å². The van der Waals surface area contributed by atoms with Crippen LogP contribution in [0.4, 0.5) is 5.69 Å². The molecule has 0 aromatic carbocycles. The van der Waals surface area contributed by atoms with E-state index in [9.17, 15) is 0 Å². The van der Waals surface area contributed by atoms with Gasteiger partial charge in [-0.1, -0.05) is 18.9 Å². The van der Waals surface area contributed by atoms with E-state index < -0.39 is 0 Å². The lowest BCUT2D eigenvalue weighted by molar-refractivity contribution is 0.467. The summed E-state index contributed by atoms with van der Waals surface area (Å²) in [6, 6.07) is 4.87. The quantitative estimate of drug-likeness (QED) is 0.893.